The number of ether oxygens (including phenoxy) is 2. The van der Waals surface area contributed by atoms with E-state index in [1.54, 1.807) is 20.3 Å². The zero-order valence-electron chi connectivity index (χ0n) is 13.7. The number of benzene rings is 2. The number of methoxy groups -OCH3 is 2. The summed E-state index contributed by atoms with van der Waals surface area (Å²) < 4.78 is 10.9. The van der Waals surface area contributed by atoms with Crippen LogP contribution >= 0.6 is 11.6 Å². The molecule has 3 rings (SSSR count). The Balaban J connectivity index is 1.97. The Morgan fingerprint density at radius 3 is 2.67 bits per heavy atom. The van der Waals surface area contributed by atoms with Crippen LogP contribution in [0.5, 0.6) is 11.5 Å². The molecular formula is C18H20ClN3O2. The van der Waals surface area contributed by atoms with E-state index >= 15 is 0 Å². The molecule has 24 heavy (non-hydrogen) atoms. The molecule has 3 aromatic rings. The number of nitrogens with one attached hydrogen (secondary N) is 1. The van der Waals surface area contributed by atoms with Crippen molar-refractivity contribution in [3.05, 3.63) is 52.8 Å². The second kappa shape index (κ2) is 7.11. The molecule has 6 heteroatoms. The van der Waals surface area contributed by atoms with Gasteiger partial charge in [0.1, 0.15) is 5.82 Å². The second-order valence-corrected chi connectivity index (χ2v) is 6.01. The molecule has 0 saturated carbocycles. The molecule has 0 bridgehead atoms. The Morgan fingerprint density at radius 1 is 1.21 bits per heavy atom. The number of hydrogen-bond donors (Lipinski definition) is 2. The van der Waals surface area contributed by atoms with Crippen molar-refractivity contribution in [2.24, 2.45) is 5.73 Å². The van der Waals surface area contributed by atoms with Gasteiger partial charge >= 0.3 is 0 Å². The second-order valence-electron chi connectivity index (χ2n) is 5.58. The summed E-state index contributed by atoms with van der Waals surface area (Å²) in [7, 11) is 3.21. The third kappa shape index (κ3) is 3.18. The molecule has 5 nitrogen and oxygen atoms in total. The number of hydrogen-bond acceptors (Lipinski definition) is 4. The SMILES string of the molecule is COc1cc(Cl)cc(CC(CN)c2nc3ccccc3[nH]2)c1OC. The molecule has 1 unspecified atom stereocenters. The first-order valence-corrected chi connectivity index (χ1v) is 8.09. The molecule has 126 valence electrons. The van der Waals surface area contributed by atoms with Crippen LogP contribution in [0.1, 0.15) is 17.3 Å². The molecule has 0 fully saturated rings. The fourth-order valence-corrected chi connectivity index (χ4v) is 3.11. The lowest BCUT2D eigenvalue weighted by atomic mass is 9.97. The average molecular weight is 346 g/mol. The van der Waals surface area contributed by atoms with E-state index < -0.39 is 0 Å². The van der Waals surface area contributed by atoms with Gasteiger partial charge in [-0.2, -0.15) is 0 Å². The molecule has 0 saturated heterocycles. The van der Waals surface area contributed by atoms with Crippen LogP contribution in [-0.4, -0.2) is 30.7 Å². The summed E-state index contributed by atoms with van der Waals surface area (Å²) in [4.78, 5) is 8.01. The third-order valence-corrected chi connectivity index (χ3v) is 4.28. The first-order chi connectivity index (χ1) is 11.7. The summed E-state index contributed by atoms with van der Waals surface area (Å²) in [6.07, 6.45) is 0.649. The first-order valence-electron chi connectivity index (χ1n) is 7.71. The summed E-state index contributed by atoms with van der Waals surface area (Å²) in [6.45, 7) is 0.456. The molecule has 0 aliphatic heterocycles. The van der Waals surface area contributed by atoms with E-state index in [-0.39, 0.29) is 5.92 Å². The fraction of sp³-hybridized carbons (Fsp3) is 0.278. The number of aromatic nitrogens is 2. The van der Waals surface area contributed by atoms with Crippen molar-refractivity contribution in [2.75, 3.05) is 20.8 Å². The Kier molecular flexibility index (Phi) is 4.92. The first kappa shape index (κ1) is 16.6. The van der Waals surface area contributed by atoms with Gasteiger partial charge in [-0.15, -0.1) is 0 Å². The molecule has 0 radical (unpaired) electrons. The number of H-pyrrole nitrogens is 1. The minimum atomic E-state index is 0.0227. The minimum Gasteiger partial charge on any atom is -0.493 e. The number of rotatable bonds is 6. The topological polar surface area (TPSA) is 73.2 Å². The average Bonchev–Trinajstić information content (AvgIpc) is 3.02. The largest absolute Gasteiger partial charge is 0.493 e. The molecule has 1 aromatic heterocycles. The zero-order chi connectivity index (χ0) is 17.1. The normalized spacial score (nSPS) is 12.3. The van der Waals surface area contributed by atoms with E-state index in [1.165, 1.54) is 0 Å². The molecule has 1 atom stereocenters. The predicted molar refractivity (Wildman–Crippen MR) is 96.1 cm³/mol. The van der Waals surface area contributed by atoms with Crippen molar-refractivity contribution in [1.82, 2.24) is 9.97 Å². The van der Waals surface area contributed by atoms with Crippen LogP contribution in [-0.2, 0) is 6.42 Å². The highest BCUT2D eigenvalue weighted by molar-refractivity contribution is 6.30. The Morgan fingerprint density at radius 2 is 2.00 bits per heavy atom. The van der Waals surface area contributed by atoms with Crippen LogP contribution in [0.25, 0.3) is 11.0 Å². The zero-order valence-corrected chi connectivity index (χ0v) is 14.4. The number of nitrogens with zero attached hydrogens (tertiary/aromatic N) is 1. The van der Waals surface area contributed by atoms with Crippen LogP contribution in [0.15, 0.2) is 36.4 Å². The van der Waals surface area contributed by atoms with Crippen LogP contribution in [0, 0.1) is 0 Å². The summed E-state index contributed by atoms with van der Waals surface area (Å²) >= 11 is 6.20. The third-order valence-electron chi connectivity index (χ3n) is 4.07. The molecule has 3 N–H and O–H groups in total. The van der Waals surface area contributed by atoms with Gasteiger partial charge in [-0.1, -0.05) is 23.7 Å². The summed E-state index contributed by atoms with van der Waals surface area (Å²) in [6, 6.07) is 11.5. The van der Waals surface area contributed by atoms with Gasteiger partial charge in [0, 0.05) is 29.1 Å². The standard InChI is InChI=1S/C18H20ClN3O2/c1-23-16-9-13(19)8-11(17(16)24-2)7-12(10-20)18-21-14-5-3-4-6-15(14)22-18/h3-6,8-9,12H,7,10,20H2,1-2H3,(H,21,22). The van der Waals surface area contributed by atoms with E-state index in [2.05, 4.69) is 9.97 Å². The van der Waals surface area contributed by atoms with Gasteiger partial charge in [-0.05, 0) is 24.6 Å². The molecule has 0 aliphatic carbocycles. The van der Waals surface area contributed by atoms with E-state index in [9.17, 15) is 0 Å². The smallest absolute Gasteiger partial charge is 0.164 e. The molecule has 0 spiro atoms. The Labute approximate surface area is 145 Å². The fourth-order valence-electron chi connectivity index (χ4n) is 2.88. The van der Waals surface area contributed by atoms with Crippen LogP contribution in [0.4, 0.5) is 0 Å². The highest BCUT2D eigenvalue weighted by Crippen LogP contribution is 2.36. The van der Waals surface area contributed by atoms with Crippen LogP contribution in [0.3, 0.4) is 0 Å². The highest BCUT2D eigenvalue weighted by Gasteiger charge is 2.20. The lowest BCUT2D eigenvalue weighted by Gasteiger charge is -2.17. The number of fused-ring (bicyclic) bond motifs is 1. The maximum atomic E-state index is 6.20. The molecule has 0 aliphatic rings. The number of imidazole rings is 1. The lowest BCUT2D eigenvalue weighted by Crippen LogP contribution is -2.17. The summed E-state index contributed by atoms with van der Waals surface area (Å²) in [5.41, 5.74) is 8.89. The van der Waals surface area contributed by atoms with Crippen LogP contribution < -0.4 is 15.2 Å². The molecule has 0 amide bonds. The molecule has 1 heterocycles. The Bertz CT molecular complexity index is 814. The minimum absolute atomic E-state index is 0.0227. The number of halogens is 1. The number of aromatic amines is 1. The molecule has 2 aromatic carbocycles. The van der Waals surface area contributed by atoms with E-state index in [0.717, 1.165) is 22.4 Å². The summed E-state index contributed by atoms with van der Waals surface area (Å²) in [5.74, 6) is 2.17. The van der Waals surface area contributed by atoms with Crippen molar-refractivity contribution in [1.29, 1.82) is 0 Å². The monoisotopic (exact) mass is 345 g/mol. The van der Waals surface area contributed by atoms with Crippen molar-refractivity contribution >= 4 is 22.6 Å². The van der Waals surface area contributed by atoms with Gasteiger partial charge in [0.2, 0.25) is 0 Å². The van der Waals surface area contributed by atoms with Gasteiger partial charge in [0.15, 0.2) is 11.5 Å². The summed E-state index contributed by atoms with van der Waals surface area (Å²) in [5, 5.41) is 0.600. The van der Waals surface area contributed by atoms with Gasteiger partial charge in [-0.25, -0.2) is 4.98 Å². The quantitative estimate of drug-likeness (QED) is 0.717. The van der Waals surface area contributed by atoms with Crippen molar-refractivity contribution in [3.8, 4) is 11.5 Å². The van der Waals surface area contributed by atoms with Crippen molar-refractivity contribution in [2.45, 2.75) is 12.3 Å². The van der Waals surface area contributed by atoms with E-state index in [0.29, 0.717) is 29.5 Å². The van der Waals surface area contributed by atoms with Gasteiger partial charge in [-0.3, -0.25) is 0 Å². The molecular weight excluding hydrogens is 326 g/mol. The van der Waals surface area contributed by atoms with Crippen molar-refractivity contribution in [3.63, 3.8) is 0 Å². The maximum Gasteiger partial charge on any atom is 0.164 e. The predicted octanol–water partition coefficient (Wildman–Crippen LogP) is 3.52. The number of para-hydroxylation sites is 2. The van der Waals surface area contributed by atoms with Crippen LogP contribution in [0.2, 0.25) is 5.02 Å². The van der Waals surface area contributed by atoms with Crippen molar-refractivity contribution < 1.29 is 9.47 Å². The van der Waals surface area contributed by atoms with Gasteiger partial charge < -0.3 is 20.2 Å². The lowest BCUT2D eigenvalue weighted by molar-refractivity contribution is 0.351. The van der Waals surface area contributed by atoms with E-state index in [1.807, 2.05) is 30.3 Å². The van der Waals surface area contributed by atoms with Gasteiger partial charge in [0.25, 0.3) is 0 Å². The highest BCUT2D eigenvalue weighted by atomic mass is 35.5. The number of nitrogens with two attached hydrogens (primary N) is 1. The van der Waals surface area contributed by atoms with E-state index in [4.69, 9.17) is 26.8 Å². The maximum absolute atomic E-state index is 6.20. The Hall–Kier alpha value is -2.24. The van der Waals surface area contributed by atoms with Gasteiger partial charge in [0.05, 0.1) is 25.3 Å².